The molecule has 3 rings (SSSR count). The van der Waals surface area contributed by atoms with Crippen LogP contribution in [0.3, 0.4) is 0 Å². The maximum Gasteiger partial charge on any atom is 0.257 e. The summed E-state index contributed by atoms with van der Waals surface area (Å²) in [5.74, 6) is -0.232. The van der Waals surface area contributed by atoms with Gasteiger partial charge in [0.1, 0.15) is 11.1 Å². The summed E-state index contributed by atoms with van der Waals surface area (Å²) in [4.78, 5) is 27.8. The van der Waals surface area contributed by atoms with Gasteiger partial charge in [-0.15, -0.1) is 0 Å². The number of hydrogen-bond donors (Lipinski definition) is 2. The molecule has 1 aliphatic heterocycles. The van der Waals surface area contributed by atoms with Crippen LogP contribution in [0.4, 0.5) is 11.4 Å². The number of ether oxygens (including phenoxy) is 2. The van der Waals surface area contributed by atoms with Crippen LogP contribution in [0.25, 0.3) is 0 Å². The topological polar surface area (TPSA) is 89.6 Å². The fraction of sp³-hybridized carbons (Fsp3) is 0.316. The van der Waals surface area contributed by atoms with Crippen molar-refractivity contribution in [1.29, 1.82) is 0 Å². The van der Waals surface area contributed by atoms with E-state index in [1.807, 2.05) is 0 Å². The third kappa shape index (κ3) is 5.42. The number of benzene rings is 1. The van der Waals surface area contributed by atoms with E-state index in [0.717, 1.165) is 12.8 Å². The van der Waals surface area contributed by atoms with E-state index < -0.39 is 0 Å². The molecule has 0 radical (unpaired) electrons. The highest BCUT2D eigenvalue weighted by Crippen LogP contribution is 2.26. The first-order chi connectivity index (χ1) is 13.0. The second-order valence-corrected chi connectivity index (χ2v) is 6.56. The third-order valence-electron chi connectivity index (χ3n) is 3.96. The van der Waals surface area contributed by atoms with Crippen molar-refractivity contribution in [2.75, 3.05) is 23.8 Å². The summed E-state index contributed by atoms with van der Waals surface area (Å²) in [5.41, 5.74) is 1.45. The summed E-state index contributed by atoms with van der Waals surface area (Å²) < 4.78 is 11.1. The Hall–Kier alpha value is -2.64. The maximum absolute atomic E-state index is 12.4. The SMILES string of the molecule is CC(=O)Nc1cccc(NC(=O)c2cnc(OC3CCOCC3)c(Cl)c2)c1. The zero-order valence-corrected chi connectivity index (χ0v) is 15.6. The Kier molecular flexibility index (Phi) is 6.26. The Morgan fingerprint density at radius 2 is 1.89 bits per heavy atom. The Labute approximate surface area is 162 Å². The van der Waals surface area contributed by atoms with E-state index in [0.29, 0.717) is 36.0 Å². The molecule has 142 valence electrons. The van der Waals surface area contributed by atoms with Crippen molar-refractivity contribution in [3.05, 3.63) is 47.1 Å². The smallest absolute Gasteiger partial charge is 0.257 e. The summed E-state index contributed by atoms with van der Waals surface area (Å²) in [6.45, 7) is 2.73. The molecule has 2 amide bonds. The van der Waals surface area contributed by atoms with Crippen LogP contribution in [0.15, 0.2) is 36.5 Å². The Morgan fingerprint density at radius 1 is 1.19 bits per heavy atom. The van der Waals surface area contributed by atoms with Crippen molar-refractivity contribution in [3.63, 3.8) is 0 Å². The summed E-state index contributed by atoms with van der Waals surface area (Å²) in [6.07, 6.45) is 3.00. The zero-order chi connectivity index (χ0) is 19.2. The average molecular weight is 390 g/mol. The molecular weight excluding hydrogens is 370 g/mol. The molecule has 0 saturated carbocycles. The predicted molar refractivity (Wildman–Crippen MR) is 102 cm³/mol. The van der Waals surface area contributed by atoms with Gasteiger partial charge in [-0.2, -0.15) is 0 Å². The van der Waals surface area contributed by atoms with E-state index in [9.17, 15) is 9.59 Å². The molecule has 1 aromatic carbocycles. The summed E-state index contributed by atoms with van der Waals surface area (Å²) in [7, 11) is 0. The molecular formula is C19H20ClN3O4. The quantitative estimate of drug-likeness (QED) is 0.816. The first-order valence-corrected chi connectivity index (χ1v) is 8.98. The van der Waals surface area contributed by atoms with Gasteiger partial charge in [0, 0.05) is 37.3 Å². The van der Waals surface area contributed by atoms with E-state index in [4.69, 9.17) is 21.1 Å². The molecule has 1 aliphatic rings. The minimum atomic E-state index is -0.359. The van der Waals surface area contributed by atoms with Gasteiger partial charge in [0.2, 0.25) is 11.8 Å². The molecule has 0 aliphatic carbocycles. The van der Waals surface area contributed by atoms with Crippen molar-refractivity contribution in [3.8, 4) is 5.88 Å². The van der Waals surface area contributed by atoms with Gasteiger partial charge in [0.15, 0.2) is 0 Å². The number of aromatic nitrogens is 1. The van der Waals surface area contributed by atoms with Crippen LogP contribution in [0.5, 0.6) is 5.88 Å². The number of nitrogens with zero attached hydrogens (tertiary/aromatic N) is 1. The number of pyridine rings is 1. The van der Waals surface area contributed by atoms with Gasteiger partial charge < -0.3 is 20.1 Å². The number of amides is 2. The third-order valence-corrected chi connectivity index (χ3v) is 4.23. The molecule has 1 fully saturated rings. The normalized spacial score (nSPS) is 14.4. The molecule has 1 saturated heterocycles. The van der Waals surface area contributed by atoms with E-state index in [1.165, 1.54) is 19.2 Å². The molecule has 0 spiro atoms. The zero-order valence-electron chi connectivity index (χ0n) is 14.8. The predicted octanol–water partition coefficient (Wildman–Crippen LogP) is 3.50. The van der Waals surface area contributed by atoms with Crippen LogP contribution in [-0.4, -0.2) is 36.1 Å². The average Bonchev–Trinajstić information content (AvgIpc) is 2.64. The lowest BCUT2D eigenvalue weighted by Crippen LogP contribution is -2.26. The number of carbonyl (C=O) groups is 2. The lowest BCUT2D eigenvalue weighted by Gasteiger charge is -2.23. The van der Waals surface area contributed by atoms with Crippen LogP contribution in [0.2, 0.25) is 5.02 Å². The number of hydrogen-bond acceptors (Lipinski definition) is 5. The fourth-order valence-corrected chi connectivity index (χ4v) is 2.88. The summed E-state index contributed by atoms with van der Waals surface area (Å²) in [6, 6.07) is 8.38. The first kappa shape index (κ1) is 19.1. The highest BCUT2D eigenvalue weighted by molar-refractivity contribution is 6.32. The molecule has 2 N–H and O–H groups in total. The van der Waals surface area contributed by atoms with Gasteiger partial charge in [0.05, 0.1) is 18.8 Å². The minimum Gasteiger partial charge on any atom is -0.473 e. The van der Waals surface area contributed by atoms with E-state index in [-0.39, 0.29) is 22.9 Å². The van der Waals surface area contributed by atoms with Crippen molar-refractivity contribution in [2.45, 2.75) is 25.9 Å². The van der Waals surface area contributed by atoms with E-state index >= 15 is 0 Å². The van der Waals surface area contributed by atoms with Gasteiger partial charge in [-0.25, -0.2) is 4.98 Å². The van der Waals surface area contributed by atoms with Gasteiger partial charge >= 0.3 is 0 Å². The maximum atomic E-state index is 12.4. The van der Waals surface area contributed by atoms with Crippen LogP contribution in [0, 0.1) is 0 Å². The van der Waals surface area contributed by atoms with Gasteiger partial charge in [-0.3, -0.25) is 9.59 Å². The lowest BCUT2D eigenvalue weighted by molar-refractivity contribution is -0.114. The number of nitrogens with one attached hydrogen (secondary N) is 2. The molecule has 8 heteroatoms. The molecule has 2 heterocycles. The standard InChI is InChI=1S/C19H20ClN3O4/c1-12(24)22-14-3-2-4-15(10-14)23-18(25)13-9-17(20)19(21-11-13)27-16-5-7-26-8-6-16/h2-4,9-11,16H,5-8H2,1H3,(H,22,24)(H,23,25). The van der Waals surface area contributed by atoms with E-state index in [1.54, 1.807) is 24.3 Å². The monoisotopic (exact) mass is 389 g/mol. The second-order valence-electron chi connectivity index (χ2n) is 6.16. The van der Waals surface area contributed by atoms with Crippen molar-refractivity contribution < 1.29 is 19.1 Å². The number of anilines is 2. The van der Waals surface area contributed by atoms with Crippen LogP contribution in [-0.2, 0) is 9.53 Å². The minimum absolute atomic E-state index is 0.0138. The molecule has 7 nitrogen and oxygen atoms in total. The first-order valence-electron chi connectivity index (χ1n) is 8.60. The van der Waals surface area contributed by atoms with Gasteiger partial charge in [-0.05, 0) is 24.3 Å². The molecule has 1 aromatic heterocycles. The molecule has 27 heavy (non-hydrogen) atoms. The van der Waals surface area contributed by atoms with Crippen molar-refractivity contribution in [1.82, 2.24) is 4.98 Å². The highest BCUT2D eigenvalue weighted by atomic mass is 35.5. The largest absolute Gasteiger partial charge is 0.473 e. The Bertz CT molecular complexity index is 837. The van der Waals surface area contributed by atoms with Gasteiger partial charge in [0.25, 0.3) is 5.91 Å². The van der Waals surface area contributed by atoms with Crippen LogP contribution >= 0.6 is 11.6 Å². The number of carbonyl (C=O) groups excluding carboxylic acids is 2. The number of rotatable bonds is 5. The highest BCUT2D eigenvalue weighted by Gasteiger charge is 2.18. The van der Waals surface area contributed by atoms with E-state index in [2.05, 4.69) is 15.6 Å². The molecule has 2 aromatic rings. The van der Waals surface area contributed by atoms with Gasteiger partial charge in [-0.1, -0.05) is 17.7 Å². The van der Waals surface area contributed by atoms with Crippen molar-refractivity contribution >= 4 is 34.8 Å². The summed E-state index contributed by atoms with van der Waals surface area (Å²) >= 11 is 6.23. The Balaban J connectivity index is 1.66. The van der Waals surface area contributed by atoms with Crippen LogP contribution in [0.1, 0.15) is 30.1 Å². The molecule has 0 atom stereocenters. The Morgan fingerprint density at radius 3 is 2.56 bits per heavy atom. The van der Waals surface area contributed by atoms with Crippen LogP contribution < -0.4 is 15.4 Å². The lowest BCUT2D eigenvalue weighted by atomic mass is 10.1. The second kappa shape index (κ2) is 8.83. The fourth-order valence-electron chi connectivity index (χ4n) is 2.67. The molecule has 0 unspecified atom stereocenters. The number of halogens is 1. The van der Waals surface area contributed by atoms with Crippen molar-refractivity contribution in [2.24, 2.45) is 0 Å². The molecule has 0 bridgehead atoms. The summed E-state index contributed by atoms with van der Waals surface area (Å²) in [5, 5.41) is 5.70.